The minimum atomic E-state index is 0.114. The van der Waals surface area contributed by atoms with Crippen molar-refractivity contribution in [2.45, 2.75) is 26.1 Å². The summed E-state index contributed by atoms with van der Waals surface area (Å²) in [5.41, 5.74) is 1.17. The predicted octanol–water partition coefficient (Wildman–Crippen LogP) is 2.21. The van der Waals surface area contributed by atoms with Gasteiger partial charge >= 0.3 is 6.01 Å². The Hall–Kier alpha value is -2.67. The second kappa shape index (κ2) is 6.45. The topological polar surface area (TPSA) is 69.2 Å². The highest BCUT2D eigenvalue weighted by Crippen LogP contribution is 2.23. The van der Waals surface area contributed by atoms with Crippen LogP contribution in [-0.4, -0.2) is 37.8 Å². The van der Waals surface area contributed by atoms with Gasteiger partial charge in [-0.05, 0) is 31.2 Å². The van der Waals surface area contributed by atoms with Crippen LogP contribution in [0.1, 0.15) is 23.3 Å². The molecule has 0 aromatic carbocycles. The van der Waals surface area contributed by atoms with Gasteiger partial charge in [0.05, 0.1) is 18.3 Å². The molecule has 0 spiro atoms. The van der Waals surface area contributed by atoms with E-state index in [1.165, 1.54) is 5.69 Å². The number of aryl methyl sites for hydroxylation is 1. The number of hydrogen-bond donors (Lipinski definition) is 0. The third kappa shape index (κ3) is 3.16. The summed E-state index contributed by atoms with van der Waals surface area (Å²) in [6.45, 7) is 4.90. The van der Waals surface area contributed by atoms with E-state index in [2.05, 4.69) is 20.0 Å². The molecule has 0 aliphatic carbocycles. The Kier molecular flexibility index (Phi) is 4.00. The van der Waals surface area contributed by atoms with Crippen molar-refractivity contribution in [1.29, 1.82) is 0 Å². The molecule has 3 aromatic heterocycles. The molecule has 0 saturated carbocycles. The molecule has 0 N–H and O–H groups in total. The minimum absolute atomic E-state index is 0.114. The minimum Gasteiger partial charge on any atom is -0.465 e. The first kappa shape index (κ1) is 14.9. The number of rotatable bonds is 5. The van der Waals surface area contributed by atoms with Crippen molar-refractivity contribution >= 4 is 0 Å². The summed E-state index contributed by atoms with van der Waals surface area (Å²) in [6, 6.07) is 8.35. The van der Waals surface area contributed by atoms with Crippen LogP contribution in [0.5, 0.6) is 6.01 Å². The van der Waals surface area contributed by atoms with Crippen LogP contribution in [0.2, 0.25) is 0 Å². The van der Waals surface area contributed by atoms with E-state index in [9.17, 15) is 0 Å². The summed E-state index contributed by atoms with van der Waals surface area (Å²) in [6.07, 6.45) is 5.18. The van der Waals surface area contributed by atoms with Crippen LogP contribution in [0.25, 0.3) is 0 Å². The molecule has 124 valence electrons. The van der Waals surface area contributed by atoms with Crippen LogP contribution in [0.3, 0.4) is 0 Å². The first-order valence-electron chi connectivity index (χ1n) is 7.98. The molecule has 1 aliphatic heterocycles. The van der Waals surface area contributed by atoms with Crippen molar-refractivity contribution in [3.05, 3.63) is 60.1 Å². The van der Waals surface area contributed by atoms with Gasteiger partial charge in [0.1, 0.15) is 18.1 Å². The first-order chi connectivity index (χ1) is 11.8. The van der Waals surface area contributed by atoms with Crippen molar-refractivity contribution in [1.82, 2.24) is 24.6 Å². The molecule has 0 saturated heterocycles. The molecular formula is C17H19N5O2. The van der Waals surface area contributed by atoms with Crippen LogP contribution in [0.4, 0.5) is 0 Å². The average Bonchev–Trinajstić information content (AvgIpc) is 3.22. The van der Waals surface area contributed by atoms with Crippen molar-refractivity contribution in [3.8, 4) is 6.01 Å². The van der Waals surface area contributed by atoms with Crippen LogP contribution in [-0.2, 0) is 13.1 Å². The molecule has 1 aliphatic rings. The van der Waals surface area contributed by atoms with Gasteiger partial charge in [-0.3, -0.25) is 9.58 Å². The molecule has 3 aromatic rings. The Bertz CT molecular complexity index is 798. The van der Waals surface area contributed by atoms with E-state index in [4.69, 9.17) is 9.15 Å². The molecule has 4 rings (SSSR count). The normalized spacial score (nSPS) is 17.6. The highest BCUT2D eigenvalue weighted by Gasteiger charge is 2.26. The molecule has 0 unspecified atom stereocenters. The number of fused-ring (bicyclic) bond motifs is 1. The molecule has 0 amide bonds. The standard InChI is InChI=1S/C17H19N5O2/c1-13-3-4-16(24-13)11-21-9-14-5-8-20-22(14)15(10-21)12-23-17-18-6-2-7-19-17/h2-8,15H,9-12H2,1H3/t15-/m1/s1. The summed E-state index contributed by atoms with van der Waals surface area (Å²) in [5, 5.41) is 4.44. The van der Waals surface area contributed by atoms with Gasteiger partial charge in [-0.25, -0.2) is 9.97 Å². The third-order valence-electron chi connectivity index (χ3n) is 4.08. The smallest absolute Gasteiger partial charge is 0.316 e. The lowest BCUT2D eigenvalue weighted by atomic mass is 10.2. The lowest BCUT2D eigenvalue weighted by Gasteiger charge is -2.33. The Labute approximate surface area is 139 Å². The predicted molar refractivity (Wildman–Crippen MR) is 86.4 cm³/mol. The quantitative estimate of drug-likeness (QED) is 0.716. The van der Waals surface area contributed by atoms with Gasteiger partial charge in [0, 0.05) is 31.7 Å². The number of hydrogen-bond acceptors (Lipinski definition) is 6. The zero-order valence-corrected chi connectivity index (χ0v) is 13.5. The van der Waals surface area contributed by atoms with Gasteiger partial charge in [0.2, 0.25) is 0 Å². The van der Waals surface area contributed by atoms with E-state index in [-0.39, 0.29) is 6.04 Å². The Morgan fingerprint density at radius 3 is 2.88 bits per heavy atom. The first-order valence-corrected chi connectivity index (χ1v) is 7.98. The zero-order valence-electron chi connectivity index (χ0n) is 13.5. The van der Waals surface area contributed by atoms with Gasteiger partial charge < -0.3 is 9.15 Å². The van der Waals surface area contributed by atoms with Gasteiger partial charge in [-0.2, -0.15) is 5.10 Å². The van der Waals surface area contributed by atoms with E-state index in [0.717, 1.165) is 31.2 Å². The van der Waals surface area contributed by atoms with Crippen LogP contribution >= 0.6 is 0 Å². The molecular weight excluding hydrogens is 306 g/mol. The second-order valence-electron chi connectivity index (χ2n) is 5.95. The van der Waals surface area contributed by atoms with E-state index >= 15 is 0 Å². The van der Waals surface area contributed by atoms with Crippen molar-refractivity contribution < 1.29 is 9.15 Å². The van der Waals surface area contributed by atoms with E-state index in [1.54, 1.807) is 18.5 Å². The molecule has 1 atom stereocenters. The van der Waals surface area contributed by atoms with E-state index < -0.39 is 0 Å². The highest BCUT2D eigenvalue weighted by molar-refractivity contribution is 5.09. The van der Waals surface area contributed by atoms with E-state index in [0.29, 0.717) is 12.6 Å². The summed E-state index contributed by atoms with van der Waals surface area (Å²) in [5.74, 6) is 1.92. The lowest BCUT2D eigenvalue weighted by Crippen LogP contribution is -2.39. The van der Waals surface area contributed by atoms with Crippen LogP contribution in [0, 0.1) is 6.92 Å². The number of aromatic nitrogens is 4. The molecule has 7 nitrogen and oxygen atoms in total. The average molecular weight is 325 g/mol. The molecule has 0 bridgehead atoms. The van der Waals surface area contributed by atoms with Crippen molar-refractivity contribution in [2.75, 3.05) is 13.2 Å². The number of nitrogens with zero attached hydrogens (tertiary/aromatic N) is 5. The lowest BCUT2D eigenvalue weighted by molar-refractivity contribution is 0.117. The maximum Gasteiger partial charge on any atom is 0.316 e. The molecule has 4 heterocycles. The molecule has 7 heteroatoms. The Morgan fingerprint density at radius 1 is 1.21 bits per heavy atom. The van der Waals surface area contributed by atoms with Crippen LogP contribution < -0.4 is 4.74 Å². The molecule has 24 heavy (non-hydrogen) atoms. The van der Waals surface area contributed by atoms with Crippen molar-refractivity contribution in [3.63, 3.8) is 0 Å². The van der Waals surface area contributed by atoms with Gasteiger partial charge in [0.25, 0.3) is 0 Å². The SMILES string of the molecule is Cc1ccc(CN2Cc3ccnn3[C@@H](COc3ncccn3)C2)o1. The summed E-state index contributed by atoms with van der Waals surface area (Å²) >= 11 is 0. The maximum absolute atomic E-state index is 5.74. The fraction of sp³-hybridized carbons (Fsp3) is 0.353. The Balaban J connectivity index is 1.46. The van der Waals surface area contributed by atoms with Crippen molar-refractivity contribution in [2.24, 2.45) is 0 Å². The second-order valence-corrected chi connectivity index (χ2v) is 5.95. The summed E-state index contributed by atoms with van der Waals surface area (Å²) in [7, 11) is 0. The molecule has 0 radical (unpaired) electrons. The van der Waals surface area contributed by atoms with Crippen LogP contribution in [0.15, 0.2) is 47.3 Å². The number of furan rings is 1. The summed E-state index contributed by atoms with van der Waals surface area (Å²) in [4.78, 5) is 10.6. The summed E-state index contributed by atoms with van der Waals surface area (Å²) < 4.78 is 13.5. The van der Waals surface area contributed by atoms with E-state index in [1.807, 2.05) is 36.0 Å². The largest absolute Gasteiger partial charge is 0.465 e. The van der Waals surface area contributed by atoms with Gasteiger partial charge in [-0.15, -0.1) is 0 Å². The monoisotopic (exact) mass is 325 g/mol. The Morgan fingerprint density at radius 2 is 2.08 bits per heavy atom. The van der Waals surface area contributed by atoms with Gasteiger partial charge in [0.15, 0.2) is 0 Å². The highest BCUT2D eigenvalue weighted by atomic mass is 16.5. The maximum atomic E-state index is 5.74. The molecule has 0 fully saturated rings. The fourth-order valence-electron chi connectivity index (χ4n) is 3.03. The third-order valence-corrected chi connectivity index (χ3v) is 4.08. The van der Waals surface area contributed by atoms with Gasteiger partial charge in [-0.1, -0.05) is 0 Å². The zero-order chi connectivity index (χ0) is 16.4. The number of ether oxygens (including phenoxy) is 1. The fourth-order valence-corrected chi connectivity index (χ4v) is 3.03.